The second-order valence-electron chi connectivity index (χ2n) is 6.60. The van der Waals surface area contributed by atoms with Crippen molar-refractivity contribution >= 4 is 23.2 Å². The van der Waals surface area contributed by atoms with E-state index in [1.165, 1.54) is 11.6 Å². The topological polar surface area (TPSA) is 30.5 Å². The van der Waals surface area contributed by atoms with Gasteiger partial charge in [0.1, 0.15) is 12.4 Å². The van der Waals surface area contributed by atoms with Crippen LogP contribution in [0.2, 0.25) is 10.0 Å². The number of nitrogens with one attached hydrogen (secondary N) is 1. The van der Waals surface area contributed by atoms with Gasteiger partial charge in [-0.1, -0.05) is 59.6 Å². The minimum atomic E-state index is -0.418. The fourth-order valence-electron chi connectivity index (χ4n) is 2.93. The van der Waals surface area contributed by atoms with Crippen molar-refractivity contribution in [1.82, 2.24) is 5.32 Å². The van der Waals surface area contributed by atoms with Crippen molar-refractivity contribution in [3.63, 3.8) is 0 Å². The predicted molar refractivity (Wildman–Crippen MR) is 115 cm³/mol. The first-order valence-electron chi connectivity index (χ1n) is 9.20. The minimum absolute atomic E-state index is 0.0270. The fraction of sp³-hybridized carbons (Fsp3) is 0.217. The Labute approximate surface area is 180 Å². The summed E-state index contributed by atoms with van der Waals surface area (Å²) in [4.78, 5) is 0. The molecule has 3 aromatic rings. The number of benzene rings is 3. The smallest absolute Gasteiger partial charge is 0.163 e. The van der Waals surface area contributed by atoms with Gasteiger partial charge < -0.3 is 14.8 Å². The summed E-state index contributed by atoms with van der Waals surface area (Å²) in [5, 5.41) is 4.30. The summed E-state index contributed by atoms with van der Waals surface area (Å²) >= 11 is 12.5. The van der Waals surface area contributed by atoms with Crippen LogP contribution in [0.15, 0.2) is 60.7 Å². The van der Waals surface area contributed by atoms with Gasteiger partial charge in [0.25, 0.3) is 0 Å². The summed E-state index contributed by atoms with van der Waals surface area (Å²) in [6.07, 6.45) is 0. The molecule has 0 aliphatic carbocycles. The molecule has 3 aromatic carbocycles. The molecule has 0 aliphatic rings. The van der Waals surface area contributed by atoms with E-state index in [4.69, 9.17) is 32.7 Å². The maximum atomic E-state index is 14.0. The first kappa shape index (κ1) is 21.4. The monoisotopic (exact) mass is 433 g/mol. The molecule has 1 unspecified atom stereocenters. The average Bonchev–Trinajstić information content (AvgIpc) is 2.73. The van der Waals surface area contributed by atoms with Gasteiger partial charge in [-0.3, -0.25) is 0 Å². The van der Waals surface area contributed by atoms with Crippen LogP contribution in [0, 0.1) is 5.82 Å². The van der Waals surface area contributed by atoms with E-state index < -0.39 is 5.82 Å². The zero-order chi connectivity index (χ0) is 20.8. The van der Waals surface area contributed by atoms with Gasteiger partial charge >= 0.3 is 0 Å². The minimum Gasteiger partial charge on any atom is -0.493 e. The van der Waals surface area contributed by atoms with E-state index in [1.807, 2.05) is 24.3 Å². The number of halogens is 3. The van der Waals surface area contributed by atoms with E-state index in [-0.39, 0.29) is 18.2 Å². The Morgan fingerprint density at radius 2 is 1.72 bits per heavy atom. The molecule has 1 atom stereocenters. The Morgan fingerprint density at radius 3 is 2.41 bits per heavy atom. The lowest BCUT2D eigenvalue weighted by Gasteiger charge is -2.17. The molecule has 29 heavy (non-hydrogen) atoms. The molecule has 0 aromatic heterocycles. The van der Waals surface area contributed by atoms with Crippen molar-refractivity contribution in [1.29, 1.82) is 0 Å². The lowest BCUT2D eigenvalue weighted by molar-refractivity contribution is 0.279. The van der Waals surface area contributed by atoms with Crippen LogP contribution in [-0.4, -0.2) is 7.11 Å². The van der Waals surface area contributed by atoms with E-state index in [0.717, 1.165) is 5.56 Å². The van der Waals surface area contributed by atoms with Crippen molar-refractivity contribution in [3.8, 4) is 11.5 Å². The third kappa shape index (κ3) is 5.41. The summed E-state index contributed by atoms with van der Waals surface area (Å²) in [6, 6.07) is 18.3. The van der Waals surface area contributed by atoms with Crippen LogP contribution in [0.25, 0.3) is 0 Å². The van der Waals surface area contributed by atoms with E-state index in [9.17, 15) is 4.39 Å². The highest BCUT2D eigenvalue weighted by atomic mass is 35.5. The van der Waals surface area contributed by atoms with Crippen LogP contribution in [0.4, 0.5) is 4.39 Å². The summed E-state index contributed by atoms with van der Waals surface area (Å²) in [5.74, 6) is 0.529. The molecule has 0 aliphatic heterocycles. The van der Waals surface area contributed by atoms with Gasteiger partial charge in [-0.05, 0) is 36.2 Å². The molecule has 6 heteroatoms. The molecule has 0 bridgehead atoms. The molecular formula is C23H22Cl2FNO2. The zero-order valence-corrected chi connectivity index (χ0v) is 17.7. The summed E-state index contributed by atoms with van der Waals surface area (Å²) in [5.41, 5.74) is 2.36. The van der Waals surface area contributed by atoms with Gasteiger partial charge in [-0.25, -0.2) is 4.39 Å². The summed E-state index contributed by atoms with van der Waals surface area (Å²) in [6.45, 7) is 2.63. The van der Waals surface area contributed by atoms with Crippen LogP contribution in [0.1, 0.15) is 29.7 Å². The zero-order valence-electron chi connectivity index (χ0n) is 16.2. The van der Waals surface area contributed by atoms with Gasteiger partial charge in [0.2, 0.25) is 0 Å². The van der Waals surface area contributed by atoms with Gasteiger partial charge in [-0.2, -0.15) is 0 Å². The second kappa shape index (κ2) is 9.97. The normalized spacial score (nSPS) is 11.9. The number of ether oxygens (including phenoxy) is 2. The molecule has 0 spiro atoms. The highest BCUT2D eigenvalue weighted by Crippen LogP contribution is 2.35. The summed E-state index contributed by atoms with van der Waals surface area (Å²) < 4.78 is 25.2. The molecule has 3 rings (SSSR count). The Hall–Kier alpha value is -2.27. The standard InChI is InChI=1S/C23H22Cl2FNO2/c1-15(16-7-4-3-5-8-16)27-13-17-11-22(28-2)23(12-20(17)25)29-14-18-19(24)9-6-10-21(18)26/h3-12,15,27H,13-14H2,1-2H3. The third-order valence-corrected chi connectivity index (χ3v) is 5.37. The van der Waals surface area contributed by atoms with Gasteiger partial charge in [-0.15, -0.1) is 0 Å². The molecule has 1 N–H and O–H groups in total. The predicted octanol–water partition coefficient (Wildman–Crippen LogP) is 6.57. The van der Waals surface area contributed by atoms with Crippen LogP contribution >= 0.6 is 23.2 Å². The van der Waals surface area contributed by atoms with Crippen molar-refractivity contribution in [2.45, 2.75) is 26.1 Å². The molecule has 0 heterocycles. The number of hydrogen-bond donors (Lipinski definition) is 1. The van der Waals surface area contributed by atoms with Crippen molar-refractivity contribution in [2.24, 2.45) is 0 Å². The Kier molecular flexibility index (Phi) is 7.37. The maximum absolute atomic E-state index is 14.0. The number of methoxy groups -OCH3 is 1. The van der Waals surface area contributed by atoms with Gasteiger partial charge in [0.15, 0.2) is 11.5 Å². The second-order valence-corrected chi connectivity index (χ2v) is 7.41. The number of rotatable bonds is 8. The Balaban J connectivity index is 1.72. The first-order valence-corrected chi connectivity index (χ1v) is 9.95. The number of hydrogen-bond acceptors (Lipinski definition) is 3. The highest BCUT2D eigenvalue weighted by Gasteiger charge is 2.14. The Bertz CT molecular complexity index is 946. The largest absolute Gasteiger partial charge is 0.493 e. The van der Waals surface area contributed by atoms with Crippen molar-refractivity contribution < 1.29 is 13.9 Å². The van der Waals surface area contributed by atoms with E-state index in [2.05, 4.69) is 24.4 Å². The average molecular weight is 434 g/mol. The lowest BCUT2D eigenvalue weighted by Crippen LogP contribution is -2.18. The van der Waals surface area contributed by atoms with Crippen LogP contribution in [-0.2, 0) is 13.2 Å². The molecular weight excluding hydrogens is 412 g/mol. The molecule has 0 saturated heterocycles. The molecule has 152 valence electrons. The Morgan fingerprint density at radius 1 is 0.966 bits per heavy atom. The lowest BCUT2D eigenvalue weighted by atomic mass is 10.1. The molecule has 0 saturated carbocycles. The fourth-order valence-corrected chi connectivity index (χ4v) is 3.37. The van der Waals surface area contributed by atoms with Crippen LogP contribution in [0.3, 0.4) is 0 Å². The summed E-state index contributed by atoms with van der Waals surface area (Å²) in [7, 11) is 1.55. The molecule has 3 nitrogen and oxygen atoms in total. The molecule has 0 amide bonds. The van der Waals surface area contributed by atoms with Gasteiger partial charge in [0.05, 0.1) is 12.1 Å². The van der Waals surface area contributed by atoms with Crippen molar-refractivity contribution in [3.05, 3.63) is 93.2 Å². The third-order valence-electron chi connectivity index (χ3n) is 4.66. The van der Waals surface area contributed by atoms with E-state index in [1.54, 1.807) is 25.3 Å². The SMILES string of the molecule is COc1cc(CNC(C)c2ccccc2)c(Cl)cc1OCc1c(F)cccc1Cl. The molecule has 0 fully saturated rings. The van der Waals surface area contributed by atoms with E-state index >= 15 is 0 Å². The van der Waals surface area contributed by atoms with Crippen LogP contribution in [0.5, 0.6) is 11.5 Å². The van der Waals surface area contributed by atoms with Crippen LogP contribution < -0.4 is 14.8 Å². The van der Waals surface area contributed by atoms with Crippen molar-refractivity contribution in [2.75, 3.05) is 7.11 Å². The van der Waals surface area contributed by atoms with E-state index in [0.29, 0.717) is 28.1 Å². The quantitative estimate of drug-likeness (QED) is 0.435. The highest BCUT2D eigenvalue weighted by molar-refractivity contribution is 6.31. The molecule has 0 radical (unpaired) electrons. The van der Waals surface area contributed by atoms with Gasteiger partial charge in [0, 0.05) is 29.2 Å². The first-order chi connectivity index (χ1) is 14.0. The maximum Gasteiger partial charge on any atom is 0.163 e.